The van der Waals surface area contributed by atoms with Crippen molar-refractivity contribution in [3.63, 3.8) is 0 Å². The molecule has 1 aromatic heterocycles. The van der Waals surface area contributed by atoms with Crippen LogP contribution in [0, 0.1) is 11.8 Å². The van der Waals surface area contributed by atoms with Gasteiger partial charge in [0.05, 0.1) is 0 Å². The average molecular weight is 527 g/mol. The topological polar surface area (TPSA) is 103 Å². The summed E-state index contributed by atoms with van der Waals surface area (Å²) in [5.41, 5.74) is 6.49. The largest absolute Gasteiger partial charge is 0.383 e. The molecule has 0 unspecified atom stereocenters. The van der Waals surface area contributed by atoms with Crippen LogP contribution in [0.1, 0.15) is 96.3 Å². The zero-order chi connectivity index (χ0) is 26.0. The molecule has 0 atom stereocenters. The second-order valence-electron chi connectivity index (χ2n) is 12.8. The number of nitrogens with zero attached hydrogens (tertiary/aromatic N) is 3. The van der Waals surface area contributed by atoms with Gasteiger partial charge in [0, 0.05) is 43.8 Å². The molecule has 214 valence electrons. The van der Waals surface area contributed by atoms with Gasteiger partial charge in [-0.25, -0.2) is 0 Å². The van der Waals surface area contributed by atoms with E-state index in [-0.39, 0.29) is 5.54 Å². The van der Waals surface area contributed by atoms with Crippen LogP contribution >= 0.6 is 0 Å². The predicted octanol–water partition coefficient (Wildman–Crippen LogP) is 4.29. The second kappa shape index (κ2) is 14.1. The van der Waals surface area contributed by atoms with Gasteiger partial charge in [-0.15, -0.1) is 0 Å². The Kier molecular flexibility index (Phi) is 10.4. The van der Waals surface area contributed by atoms with Crippen LogP contribution in [0.4, 0.5) is 17.6 Å². The molecule has 4 fully saturated rings. The fourth-order valence-electron chi connectivity index (χ4n) is 7.42. The molecule has 0 bridgehead atoms. The molecule has 0 radical (unpaired) electrons. The van der Waals surface area contributed by atoms with Crippen molar-refractivity contribution < 1.29 is 0 Å². The fourth-order valence-corrected chi connectivity index (χ4v) is 7.42. The first-order valence-electron chi connectivity index (χ1n) is 16.0. The van der Waals surface area contributed by atoms with Crippen molar-refractivity contribution in [2.24, 2.45) is 11.8 Å². The molecular formula is C30H54N8. The van der Waals surface area contributed by atoms with Crippen molar-refractivity contribution in [2.75, 3.05) is 61.8 Å². The van der Waals surface area contributed by atoms with E-state index in [1.165, 1.54) is 109 Å². The van der Waals surface area contributed by atoms with Crippen LogP contribution in [-0.2, 0) is 0 Å². The number of aromatic nitrogens is 2. The van der Waals surface area contributed by atoms with Crippen LogP contribution in [0.2, 0.25) is 0 Å². The highest BCUT2D eigenvalue weighted by atomic mass is 15.3. The lowest BCUT2D eigenvalue weighted by Crippen LogP contribution is -2.61. The SMILES string of the molecule is Nc1cc(N2CCNC3(CCCCC3)C2)nc(NC[C@H]2CC[C@H](CNCCCNC3CCCCC3)CC2)n1. The van der Waals surface area contributed by atoms with Gasteiger partial charge in [0.2, 0.25) is 5.95 Å². The zero-order valence-corrected chi connectivity index (χ0v) is 23.8. The summed E-state index contributed by atoms with van der Waals surface area (Å²) in [5.74, 6) is 3.77. The Morgan fingerprint density at radius 2 is 1.63 bits per heavy atom. The first kappa shape index (κ1) is 27.9. The van der Waals surface area contributed by atoms with Crippen molar-refractivity contribution in [3.05, 3.63) is 6.07 Å². The monoisotopic (exact) mass is 526 g/mol. The molecule has 0 aromatic carbocycles. The molecule has 8 heteroatoms. The molecule has 3 saturated carbocycles. The molecule has 38 heavy (non-hydrogen) atoms. The van der Waals surface area contributed by atoms with E-state index in [4.69, 9.17) is 10.7 Å². The van der Waals surface area contributed by atoms with Gasteiger partial charge in [0.15, 0.2) is 0 Å². The number of nitrogens with one attached hydrogen (secondary N) is 4. The molecule has 1 saturated heterocycles. The van der Waals surface area contributed by atoms with E-state index in [9.17, 15) is 0 Å². The van der Waals surface area contributed by atoms with Crippen LogP contribution in [0.5, 0.6) is 0 Å². The molecule has 3 aliphatic carbocycles. The van der Waals surface area contributed by atoms with E-state index in [1.807, 2.05) is 6.07 Å². The number of piperazine rings is 1. The van der Waals surface area contributed by atoms with Gasteiger partial charge >= 0.3 is 0 Å². The first-order chi connectivity index (χ1) is 18.7. The van der Waals surface area contributed by atoms with Gasteiger partial charge < -0.3 is 31.9 Å². The zero-order valence-electron chi connectivity index (χ0n) is 23.8. The van der Waals surface area contributed by atoms with Crippen LogP contribution in [0.25, 0.3) is 0 Å². The van der Waals surface area contributed by atoms with Crippen LogP contribution < -0.4 is 31.9 Å². The molecule has 1 spiro atoms. The van der Waals surface area contributed by atoms with Crippen molar-refractivity contribution in [2.45, 2.75) is 108 Å². The summed E-state index contributed by atoms with van der Waals surface area (Å²) >= 11 is 0. The quantitative estimate of drug-likeness (QED) is 0.272. The summed E-state index contributed by atoms with van der Waals surface area (Å²) < 4.78 is 0. The van der Waals surface area contributed by atoms with E-state index in [1.54, 1.807) is 0 Å². The maximum atomic E-state index is 6.23. The number of nitrogen functional groups attached to an aromatic ring is 1. The van der Waals surface area contributed by atoms with Gasteiger partial charge in [-0.1, -0.05) is 38.5 Å². The second-order valence-corrected chi connectivity index (χ2v) is 12.8. The minimum absolute atomic E-state index is 0.253. The number of nitrogens with two attached hydrogens (primary N) is 1. The Labute approximate surface area is 231 Å². The summed E-state index contributed by atoms with van der Waals surface area (Å²) in [6.45, 7) is 7.45. The minimum atomic E-state index is 0.253. The van der Waals surface area contributed by atoms with Gasteiger partial charge in [-0.2, -0.15) is 9.97 Å². The first-order valence-corrected chi connectivity index (χ1v) is 16.0. The smallest absolute Gasteiger partial charge is 0.226 e. The normalized spacial score (nSPS) is 26.5. The van der Waals surface area contributed by atoms with Crippen molar-refractivity contribution in [1.29, 1.82) is 0 Å². The van der Waals surface area contributed by atoms with Gasteiger partial charge in [0.1, 0.15) is 11.6 Å². The standard InChI is InChI=1S/C30H54N8/c31-27-20-28(38-19-18-35-30(23-38)14-5-2-6-15-30)37-29(36-27)34-22-25-12-10-24(11-13-25)21-32-16-7-17-33-26-8-3-1-4-9-26/h20,24-26,32-33,35H,1-19,21-23H2,(H3,31,34,36,37)/t24-,25-. The molecular weight excluding hydrogens is 472 g/mol. The molecule has 0 amide bonds. The molecule has 4 aliphatic rings. The van der Waals surface area contributed by atoms with Crippen molar-refractivity contribution in [1.82, 2.24) is 25.9 Å². The lowest BCUT2D eigenvalue weighted by atomic mass is 9.80. The third-order valence-electron chi connectivity index (χ3n) is 9.76. The van der Waals surface area contributed by atoms with Crippen LogP contribution in [-0.4, -0.2) is 67.4 Å². The Morgan fingerprint density at radius 1 is 0.895 bits per heavy atom. The fraction of sp³-hybridized carbons (Fsp3) is 0.867. The lowest BCUT2D eigenvalue weighted by Gasteiger charge is -2.46. The number of anilines is 3. The van der Waals surface area contributed by atoms with E-state index < -0.39 is 0 Å². The molecule has 8 nitrogen and oxygen atoms in total. The number of hydrogen-bond acceptors (Lipinski definition) is 8. The van der Waals surface area contributed by atoms with E-state index in [2.05, 4.69) is 31.2 Å². The average Bonchev–Trinajstić information content (AvgIpc) is 2.95. The van der Waals surface area contributed by atoms with E-state index in [0.29, 0.717) is 17.7 Å². The van der Waals surface area contributed by atoms with Crippen molar-refractivity contribution >= 4 is 17.6 Å². The van der Waals surface area contributed by atoms with E-state index >= 15 is 0 Å². The third kappa shape index (κ3) is 8.18. The highest BCUT2D eigenvalue weighted by Crippen LogP contribution is 2.33. The summed E-state index contributed by atoms with van der Waals surface area (Å²) in [7, 11) is 0. The van der Waals surface area contributed by atoms with Gasteiger partial charge in [0.25, 0.3) is 0 Å². The lowest BCUT2D eigenvalue weighted by molar-refractivity contribution is 0.216. The maximum absolute atomic E-state index is 6.23. The van der Waals surface area contributed by atoms with Crippen LogP contribution in [0.15, 0.2) is 6.07 Å². The summed E-state index contributed by atoms with van der Waals surface area (Å²) in [6, 6.07) is 2.74. The Balaban J connectivity index is 0.986. The highest BCUT2D eigenvalue weighted by molar-refractivity contribution is 5.52. The van der Waals surface area contributed by atoms with Gasteiger partial charge in [-0.3, -0.25) is 0 Å². The minimum Gasteiger partial charge on any atom is -0.383 e. The Hall–Kier alpha value is -1.64. The van der Waals surface area contributed by atoms with Crippen molar-refractivity contribution in [3.8, 4) is 0 Å². The Bertz CT molecular complexity index is 822. The number of rotatable bonds is 11. The highest BCUT2D eigenvalue weighted by Gasteiger charge is 2.36. The van der Waals surface area contributed by atoms with Crippen LogP contribution in [0.3, 0.4) is 0 Å². The molecule has 1 aromatic rings. The molecule has 2 heterocycles. The number of hydrogen-bond donors (Lipinski definition) is 5. The molecule has 1 aliphatic heterocycles. The summed E-state index contributed by atoms with van der Waals surface area (Å²) in [6.07, 6.45) is 20.1. The summed E-state index contributed by atoms with van der Waals surface area (Å²) in [5, 5.41) is 14.9. The molecule has 5 rings (SSSR count). The van der Waals surface area contributed by atoms with Gasteiger partial charge in [-0.05, 0) is 89.3 Å². The third-order valence-corrected chi connectivity index (χ3v) is 9.76. The molecule has 6 N–H and O–H groups in total. The van der Waals surface area contributed by atoms with E-state index in [0.717, 1.165) is 50.5 Å². The Morgan fingerprint density at radius 3 is 2.42 bits per heavy atom. The summed E-state index contributed by atoms with van der Waals surface area (Å²) in [4.78, 5) is 11.9. The maximum Gasteiger partial charge on any atom is 0.226 e. The predicted molar refractivity (Wildman–Crippen MR) is 159 cm³/mol.